The van der Waals surface area contributed by atoms with Gasteiger partial charge in [-0.05, 0) is 48.1 Å². The van der Waals surface area contributed by atoms with Crippen molar-refractivity contribution in [2.75, 3.05) is 18.6 Å². The fraction of sp³-hybridized carbons (Fsp3) is 0.222. The second kappa shape index (κ2) is 7.36. The SMILES string of the molecule is COc1ccc(N2C(=O)CN(Cc3ccc(C(F)(F)F)cc3)C2=S)cc1Cl. The predicted molar refractivity (Wildman–Crippen MR) is 99.9 cm³/mol. The van der Waals surface area contributed by atoms with Gasteiger partial charge in [0.1, 0.15) is 12.3 Å². The van der Waals surface area contributed by atoms with Crippen molar-refractivity contribution in [3.63, 3.8) is 0 Å². The van der Waals surface area contributed by atoms with Crippen molar-refractivity contribution in [1.82, 2.24) is 4.90 Å². The highest BCUT2D eigenvalue weighted by Gasteiger charge is 2.34. The van der Waals surface area contributed by atoms with Gasteiger partial charge in [-0.1, -0.05) is 23.7 Å². The molecule has 142 valence electrons. The van der Waals surface area contributed by atoms with Gasteiger partial charge in [0.25, 0.3) is 5.91 Å². The molecule has 2 aromatic carbocycles. The van der Waals surface area contributed by atoms with Gasteiger partial charge in [-0.25, -0.2) is 0 Å². The number of methoxy groups -OCH3 is 1. The van der Waals surface area contributed by atoms with Crippen molar-refractivity contribution in [3.8, 4) is 5.75 Å². The molecule has 0 aromatic heterocycles. The molecule has 0 radical (unpaired) electrons. The first-order valence-corrected chi connectivity index (χ1v) is 8.61. The minimum atomic E-state index is -4.39. The third-order valence-corrected chi connectivity index (χ3v) is 4.82. The van der Waals surface area contributed by atoms with E-state index in [1.165, 1.54) is 24.1 Å². The molecular weight excluding hydrogens is 401 g/mol. The third-order valence-electron chi connectivity index (χ3n) is 4.09. The molecule has 1 fully saturated rings. The van der Waals surface area contributed by atoms with E-state index in [4.69, 9.17) is 28.6 Å². The second-order valence-corrected chi connectivity index (χ2v) is 6.65. The van der Waals surface area contributed by atoms with Crippen LogP contribution < -0.4 is 9.64 Å². The monoisotopic (exact) mass is 414 g/mol. The topological polar surface area (TPSA) is 32.8 Å². The minimum Gasteiger partial charge on any atom is -0.495 e. The fourth-order valence-electron chi connectivity index (χ4n) is 2.74. The quantitative estimate of drug-likeness (QED) is 0.690. The third kappa shape index (κ3) is 4.01. The number of thiocarbonyl (C=S) groups is 1. The maximum Gasteiger partial charge on any atom is 0.416 e. The zero-order chi connectivity index (χ0) is 19.8. The lowest BCUT2D eigenvalue weighted by molar-refractivity contribution is -0.137. The highest BCUT2D eigenvalue weighted by molar-refractivity contribution is 7.80. The van der Waals surface area contributed by atoms with Gasteiger partial charge in [-0.2, -0.15) is 13.2 Å². The van der Waals surface area contributed by atoms with Crippen LogP contribution in [0.25, 0.3) is 0 Å². The summed E-state index contributed by atoms with van der Waals surface area (Å²) in [5.74, 6) is 0.229. The number of alkyl halides is 3. The number of hydrogen-bond acceptors (Lipinski definition) is 3. The van der Waals surface area contributed by atoms with E-state index in [1.54, 1.807) is 23.1 Å². The minimum absolute atomic E-state index is 0.0313. The summed E-state index contributed by atoms with van der Waals surface area (Å²) in [4.78, 5) is 15.4. The van der Waals surface area contributed by atoms with E-state index in [-0.39, 0.29) is 24.1 Å². The highest BCUT2D eigenvalue weighted by Crippen LogP contribution is 2.32. The van der Waals surface area contributed by atoms with Crippen molar-refractivity contribution in [1.29, 1.82) is 0 Å². The summed E-state index contributed by atoms with van der Waals surface area (Å²) >= 11 is 11.5. The van der Waals surface area contributed by atoms with Crippen LogP contribution in [0.4, 0.5) is 18.9 Å². The van der Waals surface area contributed by atoms with Gasteiger partial charge >= 0.3 is 6.18 Å². The van der Waals surface area contributed by atoms with Crippen LogP contribution in [-0.4, -0.2) is 29.6 Å². The number of carbonyl (C=O) groups excluding carboxylic acids is 1. The molecule has 4 nitrogen and oxygen atoms in total. The Kier molecular flexibility index (Phi) is 5.30. The molecule has 0 aliphatic carbocycles. The predicted octanol–water partition coefficient (Wildman–Crippen LogP) is 4.50. The maximum atomic E-state index is 12.7. The molecule has 1 saturated heterocycles. The Bertz CT molecular complexity index is 887. The van der Waals surface area contributed by atoms with Crippen LogP contribution >= 0.6 is 23.8 Å². The van der Waals surface area contributed by atoms with Crippen molar-refractivity contribution >= 4 is 40.5 Å². The van der Waals surface area contributed by atoms with Crippen molar-refractivity contribution in [3.05, 3.63) is 58.6 Å². The fourth-order valence-corrected chi connectivity index (χ4v) is 3.33. The van der Waals surface area contributed by atoms with Crippen LogP contribution in [-0.2, 0) is 17.5 Å². The van der Waals surface area contributed by atoms with Gasteiger partial charge < -0.3 is 9.64 Å². The lowest BCUT2D eigenvalue weighted by Crippen LogP contribution is -2.32. The molecular formula is C18H14ClF3N2O2S. The number of carbonyl (C=O) groups is 1. The molecule has 1 amide bonds. The number of benzene rings is 2. The second-order valence-electron chi connectivity index (χ2n) is 5.88. The molecule has 27 heavy (non-hydrogen) atoms. The molecule has 0 bridgehead atoms. The molecule has 2 aromatic rings. The van der Waals surface area contributed by atoms with Crippen LogP contribution in [0.15, 0.2) is 42.5 Å². The standard InChI is InChI=1S/C18H14ClF3N2O2S/c1-26-15-7-6-13(8-14(15)19)24-16(25)10-23(17(24)27)9-11-2-4-12(5-3-11)18(20,21)22/h2-8H,9-10H2,1H3. The average molecular weight is 415 g/mol. The summed E-state index contributed by atoms with van der Waals surface area (Å²) < 4.78 is 43.1. The normalized spacial score (nSPS) is 14.9. The maximum absolute atomic E-state index is 12.7. The van der Waals surface area contributed by atoms with Gasteiger partial charge in [0.15, 0.2) is 5.11 Å². The number of hydrogen-bond donors (Lipinski definition) is 0. The molecule has 1 aliphatic heterocycles. The van der Waals surface area contributed by atoms with Crippen LogP contribution in [0.1, 0.15) is 11.1 Å². The van der Waals surface area contributed by atoms with Crippen LogP contribution in [0.5, 0.6) is 5.75 Å². The molecule has 0 atom stereocenters. The Labute approximate surface area is 164 Å². The number of ether oxygens (including phenoxy) is 1. The molecule has 3 rings (SSSR count). The van der Waals surface area contributed by atoms with E-state index in [1.807, 2.05) is 0 Å². The molecule has 0 spiro atoms. The van der Waals surface area contributed by atoms with E-state index in [9.17, 15) is 18.0 Å². The number of rotatable bonds is 4. The Morgan fingerprint density at radius 3 is 2.41 bits per heavy atom. The highest BCUT2D eigenvalue weighted by atomic mass is 35.5. The number of halogens is 4. The molecule has 9 heteroatoms. The van der Waals surface area contributed by atoms with Gasteiger partial charge in [0.05, 0.1) is 23.4 Å². The van der Waals surface area contributed by atoms with Crippen molar-refractivity contribution in [2.24, 2.45) is 0 Å². The zero-order valence-electron chi connectivity index (χ0n) is 14.1. The van der Waals surface area contributed by atoms with Crippen LogP contribution in [0, 0.1) is 0 Å². The van der Waals surface area contributed by atoms with E-state index < -0.39 is 11.7 Å². The summed E-state index contributed by atoms with van der Waals surface area (Å²) in [5, 5.41) is 0.605. The van der Waals surface area contributed by atoms with Gasteiger partial charge in [-0.3, -0.25) is 9.69 Å². The number of anilines is 1. The van der Waals surface area contributed by atoms with Crippen molar-refractivity contribution < 1.29 is 22.7 Å². The first kappa shape index (κ1) is 19.4. The molecule has 1 aliphatic rings. The van der Waals surface area contributed by atoms with E-state index >= 15 is 0 Å². The van der Waals surface area contributed by atoms with Crippen molar-refractivity contribution in [2.45, 2.75) is 12.7 Å². The Balaban J connectivity index is 1.77. The van der Waals surface area contributed by atoms with Gasteiger partial charge in [0.2, 0.25) is 0 Å². The van der Waals surface area contributed by atoms with Gasteiger partial charge in [-0.15, -0.1) is 0 Å². The first-order valence-electron chi connectivity index (χ1n) is 7.82. The van der Waals surface area contributed by atoms with Crippen LogP contribution in [0.2, 0.25) is 5.02 Å². The number of nitrogens with zero attached hydrogens (tertiary/aromatic N) is 2. The average Bonchev–Trinajstić information content (AvgIpc) is 2.88. The van der Waals surface area contributed by atoms with E-state index in [2.05, 4.69) is 0 Å². The zero-order valence-corrected chi connectivity index (χ0v) is 15.7. The van der Waals surface area contributed by atoms with Crippen LogP contribution in [0.3, 0.4) is 0 Å². The summed E-state index contributed by atoms with van der Waals surface area (Å²) in [6, 6.07) is 9.65. The van der Waals surface area contributed by atoms with E-state index in [0.29, 0.717) is 22.0 Å². The van der Waals surface area contributed by atoms with Gasteiger partial charge in [0, 0.05) is 6.54 Å². The Hall–Kier alpha value is -2.32. The number of amides is 1. The van der Waals surface area contributed by atoms with E-state index in [0.717, 1.165) is 12.1 Å². The lowest BCUT2D eigenvalue weighted by Gasteiger charge is -2.21. The molecule has 0 N–H and O–H groups in total. The molecule has 1 heterocycles. The smallest absolute Gasteiger partial charge is 0.416 e. The molecule has 0 unspecified atom stereocenters. The first-order chi connectivity index (χ1) is 12.7. The summed E-state index contributed by atoms with van der Waals surface area (Å²) in [6.45, 7) is 0.257. The summed E-state index contributed by atoms with van der Waals surface area (Å²) in [6.07, 6.45) is -4.39. The Morgan fingerprint density at radius 2 is 1.85 bits per heavy atom. The largest absolute Gasteiger partial charge is 0.495 e. The summed E-state index contributed by atoms with van der Waals surface area (Å²) in [7, 11) is 1.48. The molecule has 0 saturated carbocycles. The Morgan fingerprint density at radius 1 is 1.19 bits per heavy atom. The lowest BCUT2D eigenvalue weighted by atomic mass is 10.1. The summed E-state index contributed by atoms with van der Waals surface area (Å²) in [5.41, 5.74) is 0.402.